The van der Waals surface area contributed by atoms with Gasteiger partial charge >= 0.3 is 0 Å². The molecule has 0 saturated carbocycles. The fourth-order valence-electron chi connectivity index (χ4n) is 4.03. The standard InChI is InChI=1S/C27H25N3O6/c1-17(2)16-36-22-8-4-5-19(14-22)24-23(25(31)20-6-3-7-21(13-20)30(34)35)26(32)27(33)29(24)15-18-9-11-28-12-10-18/h3-14,17,24,31H,15-16H2,1-2H3/b25-23-. The maximum atomic E-state index is 13.2. The molecule has 9 nitrogen and oxygen atoms in total. The van der Waals surface area contributed by atoms with Crippen LogP contribution in [0.25, 0.3) is 5.76 Å². The first-order valence-corrected chi connectivity index (χ1v) is 11.4. The maximum absolute atomic E-state index is 13.2. The normalized spacial score (nSPS) is 17.0. The van der Waals surface area contributed by atoms with E-state index in [1.165, 1.54) is 29.2 Å². The number of hydrogen-bond acceptors (Lipinski definition) is 7. The van der Waals surface area contributed by atoms with E-state index in [2.05, 4.69) is 4.98 Å². The van der Waals surface area contributed by atoms with Crippen molar-refractivity contribution in [3.8, 4) is 5.75 Å². The summed E-state index contributed by atoms with van der Waals surface area (Å²) < 4.78 is 5.85. The molecule has 1 N–H and O–H groups in total. The van der Waals surface area contributed by atoms with Gasteiger partial charge < -0.3 is 14.7 Å². The Morgan fingerprint density at radius 3 is 2.53 bits per heavy atom. The molecule has 0 bridgehead atoms. The number of rotatable bonds is 8. The fourth-order valence-corrected chi connectivity index (χ4v) is 4.03. The van der Waals surface area contributed by atoms with Crippen LogP contribution in [-0.4, -0.2) is 38.2 Å². The number of ketones is 1. The number of ether oxygens (including phenoxy) is 1. The molecule has 1 aliphatic rings. The van der Waals surface area contributed by atoms with E-state index in [0.717, 1.165) is 5.56 Å². The zero-order valence-corrected chi connectivity index (χ0v) is 19.8. The Bertz CT molecular complexity index is 1340. The van der Waals surface area contributed by atoms with Crippen molar-refractivity contribution in [1.82, 2.24) is 9.88 Å². The molecule has 1 saturated heterocycles. The third-order valence-electron chi connectivity index (χ3n) is 5.73. The molecular formula is C27H25N3O6. The first kappa shape index (κ1) is 24.6. The third kappa shape index (κ3) is 5.10. The van der Waals surface area contributed by atoms with E-state index in [9.17, 15) is 24.8 Å². The number of benzene rings is 2. The van der Waals surface area contributed by atoms with Crippen molar-refractivity contribution in [1.29, 1.82) is 0 Å². The molecule has 184 valence electrons. The van der Waals surface area contributed by atoms with Crippen LogP contribution in [0.4, 0.5) is 5.69 Å². The quantitative estimate of drug-likeness (QED) is 0.161. The number of nitrogens with zero attached hydrogens (tertiary/aromatic N) is 3. The topological polar surface area (TPSA) is 123 Å². The van der Waals surface area contributed by atoms with Crippen molar-refractivity contribution >= 4 is 23.1 Å². The summed E-state index contributed by atoms with van der Waals surface area (Å²) in [5.41, 5.74) is 1.00. The number of nitro benzene ring substituents is 1. The van der Waals surface area contributed by atoms with E-state index >= 15 is 0 Å². The SMILES string of the molecule is CC(C)COc1cccc(C2/C(=C(/O)c3cccc([N+](=O)[O-])c3)C(=O)C(=O)N2Cc2ccncc2)c1. The molecule has 0 spiro atoms. The lowest BCUT2D eigenvalue weighted by molar-refractivity contribution is -0.384. The second-order valence-electron chi connectivity index (χ2n) is 8.87. The second kappa shape index (κ2) is 10.4. The van der Waals surface area contributed by atoms with Crippen LogP contribution >= 0.6 is 0 Å². The number of amides is 1. The predicted octanol–water partition coefficient (Wildman–Crippen LogP) is 4.65. The van der Waals surface area contributed by atoms with Crippen LogP contribution in [0.1, 0.15) is 36.6 Å². The Morgan fingerprint density at radius 2 is 1.83 bits per heavy atom. The molecule has 1 unspecified atom stereocenters. The molecular weight excluding hydrogens is 462 g/mol. The van der Waals surface area contributed by atoms with Gasteiger partial charge in [0.2, 0.25) is 0 Å². The molecule has 1 aromatic heterocycles. The highest BCUT2D eigenvalue weighted by molar-refractivity contribution is 6.46. The number of nitro groups is 1. The second-order valence-corrected chi connectivity index (χ2v) is 8.87. The smallest absolute Gasteiger partial charge is 0.295 e. The van der Waals surface area contributed by atoms with Gasteiger partial charge in [0.15, 0.2) is 0 Å². The zero-order chi connectivity index (χ0) is 25.8. The number of likely N-dealkylation sites (tertiary alicyclic amines) is 1. The van der Waals surface area contributed by atoms with Gasteiger partial charge in [-0.3, -0.25) is 24.7 Å². The van der Waals surface area contributed by atoms with E-state index in [0.29, 0.717) is 23.8 Å². The van der Waals surface area contributed by atoms with Crippen LogP contribution in [-0.2, 0) is 16.1 Å². The molecule has 3 aromatic rings. The summed E-state index contributed by atoms with van der Waals surface area (Å²) in [5.74, 6) is -1.28. The van der Waals surface area contributed by atoms with Gasteiger partial charge in [0.05, 0.1) is 23.1 Å². The molecule has 1 amide bonds. The molecule has 0 aliphatic carbocycles. The highest BCUT2D eigenvalue weighted by Gasteiger charge is 2.46. The number of carbonyl (C=O) groups is 2. The number of pyridine rings is 1. The molecule has 1 aliphatic heterocycles. The Morgan fingerprint density at radius 1 is 1.11 bits per heavy atom. The molecule has 1 fully saturated rings. The number of carbonyl (C=O) groups excluding carboxylic acids is 2. The summed E-state index contributed by atoms with van der Waals surface area (Å²) in [5, 5.41) is 22.5. The van der Waals surface area contributed by atoms with Crippen molar-refractivity contribution in [2.45, 2.75) is 26.4 Å². The summed E-state index contributed by atoms with van der Waals surface area (Å²) in [7, 11) is 0. The molecule has 9 heteroatoms. The van der Waals surface area contributed by atoms with E-state index in [4.69, 9.17) is 4.74 Å². The van der Waals surface area contributed by atoms with Crippen molar-refractivity contribution in [2.75, 3.05) is 6.61 Å². The van der Waals surface area contributed by atoms with Crippen LogP contribution in [0.15, 0.2) is 78.6 Å². The van der Waals surface area contributed by atoms with Gasteiger partial charge in [-0.1, -0.05) is 38.1 Å². The maximum Gasteiger partial charge on any atom is 0.295 e. The Kier molecular flexibility index (Phi) is 7.10. The Hall–Kier alpha value is -4.53. The van der Waals surface area contributed by atoms with E-state index < -0.39 is 28.4 Å². The van der Waals surface area contributed by atoms with Gasteiger partial charge in [-0.25, -0.2) is 0 Å². The lowest BCUT2D eigenvalue weighted by Gasteiger charge is -2.26. The minimum atomic E-state index is -0.931. The number of aliphatic hydroxyl groups is 1. The molecule has 2 aromatic carbocycles. The molecule has 2 heterocycles. The van der Waals surface area contributed by atoms with Crippen molar-refractivity contribution in [2.24, 2.45) is 5.92 Å². The first-order valence-electron chi connectivity index (χ1n) is 11.4. The molecule has 0 radical (unpaired) electrons. The molecule has 4 rings (SSSR count). The fraction of sp³-hybridized carbons (Fsp3) is 0.222. The summed E-state index contributed by atoms with van der Waals surface area (Å²) in [6, 6.07) is 14.9. The predicted molar refractivity (Wildman–Crippen MR) is 132 cm³/mol. The van der Waals surface area contributed by atoms with Gasteiger partial charge in [-0.2, -0.15) is 0 Å². The number of non-ortho nitro benzene ring substituents is 1. The highest BCUT2D eigenvalue weighted by Crippen LogP contribution is 2.41. The van der Waals surface area contributed by atoms with Gasteiger partial charge in [0, 0.05) is 36.6 Å². The average molecular weight is 488 g/mol. The van der Waals surface area contributed by atoms with Gasteiger partial charge in [0.25, 0.3) is 17.4 Å². The van der Waals surface area contributed by atoms with Gasteiger partial charge in [-0.05, 0) is 41.3 Å². The van der Waals surface area contributed by atoms with E-state index in [-0.39, 0.29) is 23.4 Å². The minimum Gasteiger partial charge on any atom is -0.507 e. The lowest BCUT2D eigenvalue weighted by Crippen LogP contribution is -2.29. The number of aliphatic hydroxyl groups excluding tert-OH is 1. The minimum absolute atomic E-state index is 0.0725. The highest BCUT2D eigenvalue weighted by atomic mass is 16.6. The lowest BCUT2D eigenvalue weighted by atomic mass is 9.95. The van der Waals surface area contributed by atoms with E-state index in [1.54, 1.807) is 48.8 Å². The van der Waals surface area contributed by atoms with Crippen LogP contribution < -0.4 is 4.74 Å². The number of Topliss-reactive ketones (excluding diaryl/α,β-unsaturated/α-hetero) is 1. The van der Waals surface area contributed by atoms with Crippen molar-refractivity contribution in [3.05, 3.63) is 105 Å². The van der Waals surface area contributed by atoms with Gasteiger partial charge in [0.1, 0.15) is 11.5 Å². The van der Waals surface area contributed by atoms with Crippen LogP contribution in [0.2, 0.25) is 0 Å². The average Bonchev–Trinajstić information content (AvgIpc) is 3.13. The van der Waals surface area contributed by atoms with E-state index in [1.807, 2.05) is 13.8 Å². The number of hydrogen-bond donors (Lipinski definition) is 1. The largest absolute Gasteiger partial charge is 0.507 e. The van der Waals surface area contributed by atoms with Gasteiger partial charge in [-0.15, -0.1) is 0 Å². The Labute approximate surface area is 207 Å². The number of aromatic nitrogens is 1. The van der Waals surface area contributed by atoms with Crippen molar-refractivity contribution in [3.63, 3.8) is 0 Å². The summed E-state index contributed by atoms with van der Waals surface area (Å²) in [6.45, 7) is 4.62. The third-order valence-corrected chi connectivity index (χ3v) is 5.73. The Balaban J connectivity index is 1.85. The first-order chi connectivity index (χ1) is 17.3. The van der Waals surface area contributed by atoms with Crippen LogP contribution in [0.3, 0.4) is 0 Å². The monoisotopic (exact) mass is 487 g/mol. The summed E-state index contributed by atoms with van der Waals surface area (Å²) >= 11 is 0. The summed E-state index contributed by atoms with van der Waals surface area (Å²) in [6.07, 6.45) is 3.18. The van der Waals surface area contributed by atoms with Crippen LogP contribution in [0, 0.1) is 16.0 Å². The zero-order valence-electron chi connectivity index (χ0n) is 19.8. The van der Waals surface area contributed by atoms with Crippen molar-refractivity contribution < 1.29 is 24.4 Å². The molecule has 36 heavy (non-hydrogen) atoms. The summed E-state index contributed by atoms with van der Waals surface area (Å²) in [4.78, 5) is 42.5. The molecule has 1 atom stereocenters. The van der Waals surface area contributed by atoms with Crippen LogP contribution in [0.5, 0.6) is 5.75 Å².